The van der Waals surface area contributed by atoms with Crippen molar-refractivity contribution in [3.63, 3.8) is 0 Å². The monoisotopic (exact) mass is 318 g/mol. The average Bonchev–Trinajstić information content (AvgIpc) is 2.46. The zero-order valence-corrected chi connectivity index (χ0v) is 13.6. The number of benzene rings is 1. The van der Waals surface area contributed by atoms with Gasteiger partial charge in [-0.05, 0) is 38.5 Å². The summed E-state index contributed by atoms with van der Waals surface area (Å²) in [6, 6.07) is 6.34. The summed E-state index contributed by atoms with van der Waals surface area (Å²) in [5, 5.41) is 5.32. The minimum Gasteiger partial charge on any atom is -0.494 e. The molecule has 1 heterocycles. The summed E-state index contributed by atoms with van der Waals surface area (Å²) in [7, 11) is 0. The van der Waals surface area contributed by atoms with Gasteiger partial charge in [0.15, 0.2) is 0 Å². The first kappa shape index (κ1) is 16.9. The van der Waals surface area contributed by atoms with E-state index >= 15 is 0 Å². The van der Waals surface area contributed by atoms with Crippen LogP contribution in [0.25, 0.3) is 0 Å². The van der Waals surface area contributed by atoms with Gasteiger partial charge in [0.05, 0.1) is 18.8 Å². The summed E-state index contributed by atoms with van der Waals surface area (Å²) in [6.45, 7) is 9.79. The Labute approximate surface area is 135 Å². The maximum atomic E-state index is 12.4. The Bertz CT molecular complexity index is 612. The molecule has 1 fully saturated rings. The van der Waals surface area contributed by atoms with Crippen LogP contribution < -0.4 is 15.4 Å². The number of hydrogen-bond acceptors (Lipinski definition) is 4. The molecule has 1 aromatic carbocycles. The molecule has 2 rings (SSSR count). The number of carbonyl (C=O) groups excluding carboxylic acids is 2. The van der Waals surface area contributed by atoms with Crippen molar-refractivity contribution in [2.75, 3.05) is 6.61 Å². The molecule has 6 nitrogen and oxygen atoms in total. The first-order valence-electron chi connectivity index (χ1n) is 7.62. The van der Waals surface area contributed by atoms with E-state index in [1.54, 1.807) is 13.8 Å². The van der Waals surface area contributed by atoms with E-state index in [0.29, 0.717) is 18.1 Å². The van der Waals surface area contributed by atoms with Crippen molar-refractivity contribution >= 4 is 12.0 Å². The van der Waals surface area contributed by atoms with Gasteiger partial charge in [0.25, 0.3) is 0 Å². The van der Waals surface area contributed by atoms with Crippen LogP contribution in [0.15, 0.2) is 36.5 Å². The molecule has 124 valence electrons. The Morgan fingerprint density at radius 3 is 2.78 bits per heavy atom. The molecule has 1 aliphatic heterocycles. The smallest absolute Gasteiger partial charge is 0.319 e. The highest BCUT2D eigenvalue weighted by Gasteiger charge is 2.39. The molecular weight excluding hydrogens is 296 g/mol. The first-order chi connectivity index (χ1) is 10.9. The molecule has 6 heteroatoms. The Morgan fingerprint density at radius 1 is 1.39 bits per heavy atom. The summed E-state index contributed by atoms with van der Waals surface area (Å²) in [5.74, 6) is -0.448. The molecule has 2 unspecified atom stereocenters. The van der Waals surface area contributed by atoms with Gasteiger partial charge in [-0.2, -0.15) is 0 Å². The van der Waals surface area contributed by atoms with Crippen LogP contribution in [-0.2, 0) is 9.53 Å². The number of urea groups is 1. The van der Waals surface area contributed by atoms with Gasteiger partial charge in [0, 0.05) is 5.70 Å². The van der Waals surface area contributed by atoms with Gasteiger partial charge in [-0.3, -0.25) is 4.79 Å². The van der Waals surface area contributed by atoms with E-state index in [9.17, 15) is 9.59 Å². The SMILES string of the molecule is C=C1NC(=O)NC(c2cccc(OCC)c2)C1C(=O)OC(C)C. The highest BCUT2D eigenvalue weighted by molar-refractivity contribution is 5.85. The standard InChI is InChI=1S/C17H22N2O4/c1-5-22-13-8-6-7-12(9-13)15-14(16(20)23-10(2)3)11(4)18-17(21)19-15/h6-10,14-15H,4-5H2,1-3H3,(H2,18,19,21). The van der Waals surface area contributed by atoms with Gasteiger partial charge in [-0.15, -0.1) is 0 Å². The topological polar surface area (TPSA) is 76.7 Å². The van der Waals surface area contributed by atoms with Crippen LogP contribution >= 0.6 is 0 Å². The van der Waals surface area contributed by atoms with Crippen molar-refractivity contribution in [3.05, 3.63) is 42.1 Å². The second-order valence-electron chi connectivity index (χ2n) is 5.57. The van der Waals surface area contributed by atoms with Gasteiger partial charge in [-0.1, -0.05) is 18.7 Å². The largest absolute Gasteiger partial charge is 0.494 e. The Hall–Kier alpha value is -2.50. The number of rotatable bonds is 5. The lowest BCUT2D eigenvalue weighted by Gasteiger charge is -2.33. The minimum absolute atomic E-state index is 0.247. The molecule has 2 atom stereocenters. The third kappa shape index (κ3) is 4.03. The number of nitrogens with one attached hydrogen (secondary N) is 2. The number of carbonyl (C=O) groups is 2. The number of amides is 2. The zero-order valence-electron chi connectivity index (χ0n) is 13.6. The average molecular weight is 318 g/mol. The lowest BCUT2D eigenvalue weighted by Crippen LogP contribution is -2.51. The summed E-state index contributed by atoms with van der Waals surface area (Å²) in [6.07, 6.45) is -0.247. The highest BCUT2D eigenvalue weighted by Crippen LogP contribution is 2.32. The van der Waals surface area contributed by atoms with E-state index in [0.717, 1.165) is 5.56 Å². The lowest BCUT2D eigenvalue weighted by molar-refractivity contribution is -0.152. The summed E-state index contributed by atoms with van der Waals surface area (Å²) in [4.78, 5) is 24.2. The predicted molar refractivity (Wildman–Crippen MR) is 85.9 cm³/mol. The van der Waals surface area contributed by atoms with E-state index in [2.05, 4.69) is 17.2 Å². The summed E-state index contributed by atoms with van der Waals surface area (Å²) < 4.78 is 10.8. The van der Waals surface area contributed by atoms with Crippen LogP contribution in [0.3, 0.4) is 0 Å². The van der Waals surface area contributed by atoms with Gasteiger partial charge in [-0.25, -0.2) is 4.79 Å². The van der Waals surface area contributed by atoms with E-state index in [1.165, 1.54) is 0 Å². The third-order valence-electron chi connectivity index (χ3n) is 3.40. The Morgan fingerprint density at radius 2 is 2.13 bits per heavy atom. The molecule has 0 aromatic heterocycles. The molecule has 0 saturated carbocycles. The van der Waals surface area contributed by atoms with Crippen molar-refractivity contribution in [3.8, 4) is 5.75 Å². The van der Waals surface area contributed by atoms with Crippen LogP contribution in [0.2, 0.25) is 0 Å². The molecule has 0 aliphatic carbocycles. The van der Waals surface area contributed by atoms with Crippen LogP contribution in [-0.4, -0.2) is 24.7 Å². The van der Waals surface area contributed by atoms with Crippen LogP contribution in [0.1, 0.15) is 32.4 Å². The van der Waals surface area contributed by atoms with Crippen molar-refractivity contribution in [2.45, 2.75) is 32.9 Å². The molecule has 1 aliphatic rings. The molecular formula is C17H22N2O4. The Balaban J connectivity index is 2.34. The fourth-order valence-corrected chi connectivity index (χ4v) is 2.51. The molecule has 2 amide bonds. The van der Waals surface area contributed by atoms with Gasteiger partial charge in [0.1, 0.15) is 11.7 Å². The molecule has 0 bridgehead atoms. The second-order valence-corrected chi connectivity index (χ2v) is 5.57. The lowest BCUT2D eigenvalue weighted by atomic mass is 9.89. The van der Waals surface area contributed by atoms with Crippen molar-refractivity contribution in [1.82, 2.24) is 10.6 Å². The van der Waals surface area contributed by atoms with Gasteiger partial charge in [0.2, 0.25) is 0 Å². The molecule has 1 aromatic rings. The quantitative estimate of drug-likeness (QED) is 0.818. The van der Waals surface area contributed by atoms with E-state index in [-0.39, 0.29) is 6.10 Å². The van der Waals surface area contributed by atoms with Crippen LogP contribution in [0.5, 0.6) is 5.75 Å². The number of esters is 1. The fourth-order valence-electron chi connectivity index (χ4n) is 2.51. The summed E-state index contributed by atoms with van der Waals surface area (Å²) in [5.41, 5.74) is 1.09. The molecule has 0 radical (unpaired) electrons. The zero-order chi connectivity index (χ0) is 17.0. The molecule has 1 saturated heterocycles. The maximum absolute atomic E-state index is 12.4. The Kier molecular flexibility index (Phi) is 5.26. The van der Waals surface area contributed by atoms with E-state index < -0.39 is 24.0 Å². The predicted octanol–water partition coefficient (Wildman–Crippen LogP) is 2.52. The number of hydrogen-bond donors (Lipinski definition) is 2. The first-order valence-corrected chi connectivity index (χ1v) is 7.62. The van der Waals surface area contributed by atoms with Crippen LogP contribution in [0, 0.1) is 5.92 Å². The summed E-state index contributed by atoms with van der Waals surface area (Å²) >= 11 is 0. The number of ether oxygens (including phenoxy) is 2. The maximum Gasteiger partial charge on any atom is 0.319 e. The second kappa shape index (κ2) is 7.17. The van der Waals surface area contributed by atoms with Gasteiger partial charge < -0.3 is 20.1 Å². The van der Waals surface area contributed by atoms with E-state index in [4.69, 9.17) is 9.47 Å². The minimum atomic E-state index is -0.702. The molecule has 0 spiro atoms. The normalized spacial score (nSPS) is 20.7. The highest BCUT2D eigenvalue weighted by atomic mass is 16.5. The van der Waals surface area contributed by atoms with Crippen molar-refractivity contribution in [1.29, 1.82) is 0 Å². The van der Waals surface area contributed by atoms with Crippen LogP contribution in [0.4, 0.5) is 4.79 Å². The van der Waals surface area contributed by atoms with Gasteiger partial charge >= 0.3 is 12.0 Å². The van der Waals surface area contributed by atoms with Crippen molar-refractivity contribution < 1.29 is 19.1 Å². The van der Waals surface area contributed by atoms with E-state index in [1.807, 2.05) is 31.2 Å². The third-order valence-corrected chi connectivity index (χ3v) is 3.40. The molecule has 2 N–H and O–H groups in total. The fraction of sp³-hybridized carbons (Fsp3) is 0.412. The van der Waals surface area contributed by atoms with Crippen molar-refractivity contribution in [2.24, 2.45) is 5.92 Å². The molecule has 23 heavy (non-hydrogen) atoms.